The predicted octanol–water partition coefficient (Wildman–Crippen LogP) is 3.60. The lowest BCUT2D eigenvalue weighted by atomic mass is 10.1. The van der Waals surface area contributed by atoms with E-state index in [9.17, 15) is 4.21 Å². The molecule has 2 rings (SSSR count). The zero-order valence-electron chi connectivity index (χ0n) is 13.5. The lowest BCUT2D eigenvalue weighted by molar-refractivity contribution is 0.414. The van der Waals surface area contributed by atoms with E-state index >= 15 is 0 Å². The van der Waals surface area contributed by atoms with Crippen LogP contribution in [0.3, 0.4) is 0 Å². The van der Waals surface area contributed by atoms with E-state index in [-0.39, 0.29) is 10.8 Å². The van der Waals surface area contributed by atoms with Crippen molar-refractivity contribution >= 4 is 22.3 Å². The second-order valence-corrected chi connectivity index (χ2v) is 8.92. The number of benzene rings is 1. The van der Waals surface area contributed by atoms with Crippen LogP contribution in [0.15, 0.2) is 29.6 Å². The van der Waals surface area contributed by atoms with Gasteiger partial charge in [-0.25, -0.2) is 13.9 Å². The van der Waals surface area contributed by atoms with Crippen LogP contribution in [0, 0.1) is 6.92 Å². The van der Waals surface area contributed by atoms with Crippen LogP contribution >= 0.6 is 11.3 Å². The van der Waals surface area contributed by atoms with E-state index in [0.29, 0.717) is 0 Å². The van der Waals surface area contributed by atoms with Gasteiger partial charge in [-0.1, -0.05) is 12.1 Å². The standard InChI is InChI=1S/C16H22N2O2S2/c1-11-10-21-15(17-11)14(18-22(19)16(2,3)4)12-6-8-13(20-5)9-7-12/h6-10,14,18H,1-5H3. The zero-order valence-corrected chi connectivity index (χ0v) is 15.2. The van der Waals surface area contributed by atoms with Crippen LogP contribution < -0.4 is 9.46 Å². The van der Waals surface area contributed by atoms with Gasteiger partial charge in [0.15, 0.2) is 0 Å². The molecule has 120 valence electrons. The summed E-state index contributed by atoms with van der Waals surface area (Å²) in [4.78, 5) is 4.56. The van der Waals surface area contributed by atoms with E-state index in [1.807, 2.05) is 57.3 Å². The number of aromatic nitrogens is 1. The molecule has 2 aromatic rings. The van der Waals surface area contributed by atoms with E-state index in [0.717, 1.165) is 22.0 Å². The Morgan fingerprint density at radius 3 is 2.36 bits per heavy atom. The molecule has 0 saturated carbocycles. The van der Waals surface area contributed by atoms with Gasteiger partial charge in [-0.2, -0.15) is 0 Å². The molecule has 1 N–H and O–H groups in total. The third-order valence-electron chi connectivity index (χ3n) is 3.11. The minimum Gasteiger partial charge on any atom is -0.497 e. The van der Waals surface area contributed by atoms with Crippen LogP contribution in [0.1, 0.15) is 43.1 Å². The summed E-state index contributed by atoms with van der Waals surface area (Å²) in [6.45, 7) is 7.82. The Morgan fingerprint density at radius 2 is 1.91 bits per heavy atom. The Hall–Kier alpha value is -1.24. The Morgan fingerprint density at radius 1 is 1.27 bits per heavy atom. The van der Waals surface area contributed by atoms with Gasteiger partial charge in [0, 0.05) is 11.1 Å². The highest BCUT2D eigenvalue weighted by Gasteiger charge is 2.26. The van der Waals surface area contributed by atoms with Gasteiger partial charge >= 0.3 is 0 Å². The first kappa shape index (κ1) is 17.1. The molecule has 0 spiro atoms. The number of aryl methyl sites for hydroxylation is 1. The molecule has 22 heavy (non-hydrogen) atoms. The maximum atomic E-state index is 12.5. The molecule has 1 aromatic heterocycles. The number of hydrogen-bond donors (Lipinski definition) is 1. The SMILES string of the molecule is COc1ccc(C(NS(=O)C(C)(C)C)c2nc(C)cs2)cc1. The average molecular weight is 338 g/mol. The number of thiazole rings is 1. The number of nitrogens with one attached hydrogen (secondary N) is 1. The summed E-state index contributed by atoms with van der Waals surface area (Å²) in [6.07, 6.45) is 0. The maximum Gasteiger partial charge on any atom is 0.118 e. The largest absolute Gasteiger partial charge is 0.497 e. The van der Waals surface area contributed by atoms with Gasteiger partial charge in [0.05, 0.1) is 28.9 Å². The molecule has 1 aromatic carbocycles. The third kappa shape index (κ3) is 4.15. The van der Waals surface area contributed by atoms with Crippen LogP contribution in [0.2, 0.25) is 0 Å². The van der Waals surface area contributed by atoms with Gasteiger partial charge in [0.1, 0.15) is 10.8 Å². The fourth-order valence-electron chi connectivity index (χ4n) is 1.85. The lowest BCUT2D eigenvalue weighted by Gasteiger charge is -2.23. The Kier molecular flexibility index (Phi) is 5.36. The molecule has 0 fully saturated rings. The first-order valence-electron chi connectivity index (χ1n) is 7.05. The van der Waals surface area contributed by atoms with Crippen molar-refractivity contribution in [3.8, 4) is 5.75 Å². The van der Waals surface area contributed by atoms with Crippen molar-refractivity contribution in [2.24, 2.45) is 0 Å². The molecular weight excluding hydrogens is 316 g/mol. The molecule has 2 unspecified atom stereocenters. The fourth-order valence-corrected chi connectivity index (χ4v) is 3.61. The van der Waals surface area contributed by atoms with Gasteiger partial charge < -0.3 is 4.74 Å². The molecule has 0 aliphatic carbocycles. The molecular formula is C16H22N2O2S2. The van der Waals surface area contributed by atoms with Crippen molar-refractivity contribution in [1.82, 2.24) is 9.71 Å². The van der Waals surface area contributed by atoms with Crippen LogP contribution in [0.4, 0.5) is 0 Å². The van der Waals surface area contributed by atoms with Crippen molar-refractivity contribution in [3.63, 3.8) is 0 Å². The van der Waals surface area contributed by atoms with Crippen LogP contribution in [-0.2, 0) is 11.0 Å². The molecule has 0 bridgehead atoms. The molecule has 0 aliphatic heterocycles. The Bertz CT molecular complexity index is 645. The molecule has 0 saturated heterocycles. The summed E-state index contributed by atoms with van der Waals surface area (Å²) in [5.74, 6) is 0.801. The average Bonchev–Trinajstić information content (AvgIpc) is 2.90. The van der Waals surface area contributed by atoms with Crippen LogP contribution in [0.25, 0.3) is 0 Å². The summed E-state index contributed by atoms with van der Waals surface area (Å²) in [5.41, 5.74) is 2.00. The van der Waals surface area contributed by atoms with Gasteiger partial charge in [-0.3, -0.25) is 0 Å². The van der Waals surface area contributed by atoms with E-state index in [1.54, 1.807) is 18.4 Å². The van der Waals surface area contributed by atoms with Crippen molar-refractivity contribution in [1.29, 1.82) is 0 Å². The highest BCUT2D eigenvalue weighted by atomic mass is 32.2. The van der Waals surface area contributed by atoms with E-state index < -0.39 is 11.0 Å². The maximum absolute atomic E-state index is 12.5. The minimum atomic E-state index is -1.18. The zero-order chi connectivity index (χ0) is 16.3. The molecule has 6 heteroatoms. The van der Waals surface area contributed by atoms with E-state index in [2.05, 4.69) is 9.71 Å². The van der Waals surface area contributed by atoms with Gasteiger partial charge in [-0.15, -0.1) is 11.3 Å². The first-order valence-corrected chi connectivity index (χ1v) is 9.08. The molecule has 4 nitrogen and oxygen atoms in total. The monoisotopic (exact) mass is 338 g/mol. The number of nitrogens with zero attached hydrogens (tertiary/aromatic N) is 1. The van der Waals surface area contributed by atoms with Gasteiger partial charge in [0.2, 0.25) is 0 Å². The van der Waals surface area contributed by atoms with Crippen LogP contribution in [0.5, 0.6) is 5.75 Å². The summed E-state index contributed by atoms with van der Waals surface area (Å²) >= 11 is 1.58. The first-order chi connectivity index (χ1) is 10.3. The summed E-state index contributed by atoms with van der Waals surface area (Å²) < 4.78 is 20.6. The molecule has 2 atom stereocenters. The minimum absolute atomic E-state index is 0.190. The van der Waals surface area contributed by atoms with E-state index in [4.69, 9.17) is 4.74 Å². The van der Waals surface area contributed by atoms with Crippen LogP contribution in [-0.4, -0.2) is 21.0 Å². The topological polar surface area (TPSA) is 51.2 Å². The normalized spacial score (nSPS) is 14.6. The lowest BCUT2D eigenvalue weighted by Crippen LogP contribution is -2.36. The summed E-state index contributed by atoms with van der Waals surface area (Å²) in [7, 11) is 0.462. The second-order valence-electron chi connectivity index (χ2n) is 6.03. The highest BCUT2D eigenvalue weighted by Crippen LogP contribution is 2.28. The predicted molar refractivity (Wildman–Crippen MR) is 92.7 cm³/mol. The van der Waals surface area contributed by atoms with Crippen molar-refractivity contribution in [3.05, 3.63) is 45.9 Å². The Labute approximate surface area is 138 Å². The van der Waals surface area contributed by atoms with Crippen molar-refractivity contribution < 1.29 is 8.95 Å². The molecule has 0 amide bonds. The van der Waals surface area contributed by atoms with Gasteiger partial charge in [-0.05, 0) is 45.4 Å². The second kappa shape index (κ2) is 6.89. The Balaban J connectivity index is 2.34. The number of ether oxygens (including phenoxy) is 1. The number of hydrogen-bond acceptors (Lipinski definition) is 4. The van der Waals surface area contributed by atoms with Crippen molar-refractivity contribution in [2.75, 3.05) is 7.11 Å². The molecule has 1 heterocycles. The number of methoxy groups -OCH3 is 1. The third-order valence-corrected chi connectivity index (χ3v) is 5.70. The number of rotatable bonds is 5. The quantitative estimate of drug-likeness (QED) is 0.906. The summed E-state index contributed by atoms with van der Waals surface area (Å²) in [5, 5.41) is 2.92. The smallest absolute Gasteiger partial charge is 0.118 e. The molecule has 0 radical (unpaired) electrons. The summed E-state index contributed by atoms with van der Waals surface area (Å²) in [6, 6.07) is 7.58. The van der Waals surface area contributed by atoms with Crippen molar-refractivity contribution in [2.45, 2.75) is 38.5 Å². The van der Waals surface area contributed by atoms with E-state index in [1.165, 1.54) is 0 Å². The highest BCUT2D eigenvalue weighted by molar-refractivity contribution is 7.84. The van der Waals surface area contributed by atoms with Gasteiger partial charge in [0.25, 0.3) is 0 Å². The fraction of sp³-hybridized carbons (Fsp3) is 0.438. The molecule has 0 aliphatic rings.